The molecule has 3 aromatic carbocycles. The van der Waals surface area contributed by atoms with Gasteiger partial charge < -0.3 is 10.1 Å². The van der Waals surface area contributed by atoms with Crippen molar-refractivity contribution in [1.82, 2.24) is 9.97 Å². The lowest BCUT2D eigenvalue weighted by Gasteiger charge is -2.05. The maximum absolute atomic E-state index is 13.0. The van der Waals surface area contributed by atoms with Crippen molar-refractivity contribution in [2.45, 2.75) is 10.6 Å². The van der Waals surface area contributed by atoms with Crippen LogP contribution < -0.4 is 0 Å². The highest BCUT2D eigenvalue weighted by molar-refractivity contribution is 7.90. The number of thiazole rings is 1. The minimum atomic E-state index is -3.53. The van der Waals surface area contributed by atoms with Gasteiger partial charge >= 0.3 is 0 Å². The molecule has 7 heteroatoms. The van der Waals surface area contributed by atoms with Crippen LogP contribution in [-0.4, -0.2) is 23.5 Å². The van der Waals surface area contributed by atoms with Crippen molar-refractivity contribution in [1.29, 1.82) is 0 Å². The van der Waals surface area contributed by atoms with Crippen molar-refractivity contribution in [3.63, 3.8) is 0 Å². The molecule has 2 heterocycles. The molecule has 0 bridgehead atoms. The van der Waals surface area contributed by atoms with E-state index in [1.807, 2.05) is 42.5 Å². The number of benzene rings is 3. The molecule has 29 heavy (non-hydrogen) atoms. The molecule has 5 rings (SSSR count). The van der Waals surface area contributed by atoms with E-state index in [2.05, 4.69) is 9.97 Å². The van der Waals surface area contributed by atoms with Crippen LogP contribution in [0.4, 0.5) is 0 Å². The molecule has 2 N–H and O–H groups in total. The van der Waals surface area contributed by atoms with Gasteiger partial charge in [-0.2, -0.15) is 0 Å². The Labute approximate surface area is 171 Å². The van der Waals surface area contributed by atoms with E-state index in [0.29, 0.717) is 21.5 Å². The number of hydrogen-bond acceptors (Lipinski definition) is 5. The van der Waals surface area contributed by atoms with Crippen LogP contribution in [0.1, 0.15) is 5.56 Å². The Morgan fingerprint density at radius 2 is 1.72 bits per heavy atom. The molecule has 144 valence electrons. The molecule has 0 aliphatic heterocycles. The van der Waals surface area contributed by atoms with Crippen LogP contribution in [0.25, 0.3) is 31.7 Å². The number of sulfone groups is 1. The molecule has 0 aliphatic carbocycles. The van der Waals surface area contributed by atoms with Gasteiger partial charge in [0.1, 0.15) is 5.01 Å². The molecule has 0 atom stereocenters. The van der Waals surface area contributed by atoms with Gasteiger partial charge in [0.05, 0.1) is 26.4 Å². The summed E-state index contributed by atoms with van der Waals surface area (Å²) in [4.78, 5) is 7.76. The van der Waals surface area contributed by atoms with E-state index in [-0.39, 0.29) is 16.5 Å². The Balaban J connectivity index is 1.64. The Hall–Kier alpha value is -3.16. The highest BCUT2D eigenvalue weighted by Crippen LogP contribution is 2.41. The minimum absolute atomic E-state index is 0.0170. The average molecular weight is 421 g/mol. The molecule has 0 unspecified atom stereocenters. The standard InChI is InChI=1S/C22H16N2O3S2/c25-21-20(22-24-18-8-4-5-9-19(18)28-22)16-12-15(10-11-17(16)23-21)29(26,27)13-14-6-2-1-3-7-14/h1-12,23,25H,13H2. The Kier molecular flexibility index (Phi) is 4.15. The van der Waals surface area contributed by atoms with Gasteiger partial charge in [-0.3, -0.25) is 0 Å². The first kappa shape index (κ1) is 17.9. The number of aromatic amines is 1. The van der Waals surface area contributed by atoms with Crippen molar-refractivity contribution in [3.05, 3.63) is 78.4 Å². The summed E-state index contributed by atoms with van der Waals surface area (Å²) in [7, 11) is -3.53. The zero-order valence-corrected chi connectivity index (χ0v) is 16.8. The summed E-state index contributed by atoms with van der Waals surface area (Å²) in [5.74, 6) is -0.0941. The van der Waals surface area contributed by atoms with Crippen LogP contribution in [0.15, 0.2) is 77.7 Å². The SMILES string of the molecule is O=S(=O)(Cc1ccccc1)c1ccc2[nH]c(O)c(-c3nc4ccccc4s3)c2c1. The van der Waals surface area contributed by atoms with E-state index < -0.39 is 9.84 Å². The van der Waals surface area contributed by atoms with Gasteiger partial charge in [0.15, 0.2) is 15.7 Å². The maximum atomic E-state index is 13.0. The molecule has 2 aromatic heterocycles. The van der Waals surface area contributed by atoms with Gasteiger partial charge in [0, 0.05) is 10.9 Å². The zero-order chi connectivity index (χ0) is 20.0. The lowest BCUT2D eigenvalue weighted by molar-refractivity contribution is 0.460. The van der Waals surface area contributed by atoms with Crippen LogP contribution in [0.3, 0.4) is 0 Å². The van der Waals surface area contributed by atoms with E-state index >= 15 is 0 Å². The molecule has 0 saturated carbocycles. The highest BCUT2D eigenvalue weighted by Gasteiger charge is 2.21. The van der Waals surface area contributed by atoms with Gasteiger partial charge in [-0.05, 0) is 35.9 Å². The van der Waals surface area contributed by atoms with Crippen LogP contribution in [0.5, 0.6) is 5.88 Å². The number of aromatic nitrogens is 2. The monoisotopic (exact) mass is 420 g/mol. The summed E-state index contributed by atoms with van der Waals surface area (Å²) < 4.78 is 26.9. The largest absolute Gasteiger partial charge is 0.494 e. The van der Waals surface area contributed by atoms with Crippen molar-refractivity contribution in [3.8, 4) is 16.5 Å². The van der Waals surface area contributed by atoms with E-state index in [1.54, 1.807) is 30.3 Å². The molecule has 5 aromatic rings. The third kappa shape index (κ3) is 3.18. The van der Waals surface area contributed by atoms with Crippen LogP contribution in [-0.2, 0) is 15.6 Å². The normalized spacial score (nSPS) is 12.0. The first-order valence-corrected chi connectivity index (χ1v) is 11.5. The minimum Gasteiger partial charge on any atom is -0.494 e. The summed E-state index contributed by atoms with van der Waals surface area (Å²) in [6.45, 7) is 0. The number of hydrogen-bond donors (Lipinski definition) is 2. The first-order valence-electron chi connectivity index (χ1n) is 8.98. The third-order valence-corrected chi connectivity index (χ3v) is 7.56. The van der Waals surface area contributed by atoms with Crippen molar-refractivity contribution < 1.29 is 13.5 Å². The average Bonchev–Trinajstić information content (AvgIpc) is 3.27. The fourth-order valence-corrected chi connectivity index (χ4v) is 5.82. The van der Waals surface area contributed by atoms with Gasteiger partial charge in [-0.15, -0.1) is 11.3 Å². The predicted molar refractivity (Wildman–Crippen MR) is 116 cm³/mol. The van der Waals surface area contributed by atoms with Crippen molar-refractivity contribution >= 4 is 42.3 Å². The van der Waals surface area contributed by atoms with Crippen LogP contribution in [0, 0.1) is 0 Å². The number of nitrogens with zero attached hydrogens (tertiary/aromatic N) is 1. The quantitative estimate of drug-likeness (QED) is 0.422. The van der Waals surface area contributed by atoms with Crippen molar-refractivity contribution in [2.75, 3.05) is 0 Å². The predicted octanol–water partition coefficient (Wildman–Crippen LogP) is 5.12. The summed E-state index contributed by atoms with van der Waals surface area (Å²) in [5.41, 5.74) is 2.76. The summed E-state index contributed by atoms with van der Waals surface area (Å²) in [6.07, 6.45) is 0. The number of nitrogens with one attached hydrogen (secondary N) is 1. The Morgan fingerprint density at radius 3 is 2.52 bits per heavy atom. The lowest BCUT2D eigenvalue weighted by atomic mass is 10.2. The smallest absolute Gasteiger partial charge is 0.199 e. The topological polar surface area (TPSA) is 83.0 Å². The van der Waals surface area contributed by atoms with E-state index in [9.17, 15) is 13.5 Å². The molecule has 0 saturated heterocycles. The highest BCUT2D eigenvalue weighted by atomic mass is 32.2. The Bertz CT molecular complexity index is 1420. The van der Waals surface area contributed by atoms with E-state index in [0.717, 1.165) is 15.8 Å². The van der Waals surface area contributed by atoms with Gasteiger partial charge in [0.2, 0.25) is 0 Å². The fraction of sp³-hybridized carbons (Fsp3) is 0.0455. The van der Waals surface area contributed by atoms with Crippen LogP contribution >= 0.6 is 11.3 Å². The Morgan fingerprint density at radius 1 is 0.966 bits per heavy atom. The molecule has 0 aliphatic rings. The molecule has 0 spiro atoms. The number of para-hydroxylation sites is 1. The summed E-state index contributed by atoms with van der Waals surface area (Å²) in [5, 5.41) is 11.8. The number of rotatable bonds is 4. The number of aromatic hydroxyl groups is 1. The molecule has 0 amide bonds. The third-order valence-electron chi connectivity index (χ3n) is 4.82. The van der Waals surface area contributed by atoms with E-state index in [4.69, 9.17) is 0 Å². The summed E-state index contributed by atoms with van der Waals surface area (Å²) >= 11 is 1.46. The molecular formula is C22H16N2O3S2. The second kappa shape index (κ2) is 6.72. The van der Waals surface area contributed by atoms with Gasteiger partial charge in [-0.25, -0.2) is 13.4 Å². The zero-order valence-electron chi connectivity index (χ0n) is 15.2. The van der Waals surface area contributed by atoms with Crippen molar-refractivity contribution in [2.24, 2.45) is 0 Å². The fourth-order valence-electron chi connectivity index (χ4n) is 3.42. The van der Waals surface area contributed by atoms with Gasteiger partial charge in [0.25, 0.3) is 0 Å². The second-order valence-corrected chi connectivity index (χ2v) is 9.81. The number of fused-ring (bicyclic) bond motifs is 2. The molecule has 5 nitrogen and oxygen atoms in total. The van der Waals surface area contributed by atoms with Crippen LogP contribution in [0.2, 0.25) is 0 Å². The molecule has 0 radical (unpaired) electrons. The molecule has 0 fully saturated rings. The lowest BCUT2D eigenvalue weighted by Crippen LogP contribution is -2.04. The second-order valence-electron chi connectivity index (χ2n) is 6.79. The molecular weight excluding hydrogens is 404 g/mol. The summed E-state index contributed by atoms with van der Waals surface area (Å²) in [6, 6.07) is 21.7. The van der Waals surface area contributed by atoms with E-state index in [1.165, 1.54) is 11.3 Å². The van der Waals surface area contributed by atoms with Gasteiger partial charge in [-0.1, -0.05) is 42.5 Å². The first-order chi connectivity index (χ1) is 14.0. The maximum Gasteiger partial charge on any atom is 0.199 e. The number of H-pyrrole nitrogens is 1.